The van der Waals surface area contributed by atoms with Gasteiger partial charge in [-0.15, -0.1) is 0 Å². The molecule has 10 nitrogen and oxygen atoms in total. The average Bonchev–Trinajstić information content (AvgIpc) is 3.10. The number of methoxy groups -OCH3 is 1. The highest BCUT2D eigenvalue weighted by Gasteiger charge is 2.36. The van der Waals surface area contributed by atoms with E-state index in [4.69, 9.17) is 15.2 Å². The van der Waals surface area contributed by atoms with Crippen molar-refractivity contribution in [3.05, 3.63) is 83.4 Å². The third kappa shape index (κ3) is 5.38. The number of hydrogen-bond donors (Lipinski definition) is 3. The summed E-state index contributed by atoms with van der Waals surface area (Å²) < 4.78 is 11.0. The summed E-state index contributed by atoms with van der Waals surface area (Å²) >= 11 is 0. The lowest BCUT2D eigenvalue weighted by molar-refractivity contribution is -0.140. The van der Waals surface area contributed by atoms with Crippen LogP contribution in [-0.2, 0) is 22.7 Å². The second-order valence-corrected chi connectivity index (χ2v) is 7.68. The minimum atomic E-state index is -0.980. The molecule has 1 aliphatic heterocycles. The second-order valence-electron chi connectivity index (χ2n) is 7.68. The van der Waals surface area contributed by atoms with Gasteiger partial charge in [-0.05, 0) is 59.7 Å². The van der Waals surface area contributed by atoms with Crippen molar-refractivity contribution in [3.8, 4) is 17.2 Å². The Labute approximate surface area is 200 Å². The Hall–Kier alpha value is -4.86. The zero-order valence-corrected chi connectivity index (χ0v) is 18.7. The predicted molar refractivity (Wildman–Crippen MR) is 126 cm³/mol. The number of amides is 5. The molecule has 1 heterocycles. The third-order valence-electron chi connectivity index (χ3n) is 5.25. The SMILES string of the molecule is COc1ccc(CN2C(=O)NC(=O)C2=O)cc1C(=O)NCc1ccc(Oc2ccc(N)cc2)cc1. The van der Waals surface area contributed by atoms with Crippen molar-refractivity contribution in [3.63, 3.8) is 0 Å². The molecule has 1 saturated heterocycles. The molecule has 0 saturated carbocycles. The van der Waals surface area contributed by atoms with Gasteiger partial charge in [0.05, 0.1) is 19.2 Å². The van der Waals surface area contributed by atoms with Crippen molar-refractivity contribution in [1.82, 2.24) is 15.5 Å². The molecule has 3 aromatic carbocycles. The largest absolute Gasteiger partial charge is 0.496 e. The monoisotopic (exact) mass is 474 g/mol. The maximum atomic E-state index is 12.9. The molecule has 10 heteroatoms. The number of imide groups is 2. The first-order valence-electron chi connectivity index (χ1n) is 10.6. The molecule has 0 radical (unpaired) electrons. The Balaban J connectivity index is 1.40. The van der Waals surface area contributed by atoms with E-state index in [0.29, 0.717) is 28.5 Å². The molecule has 0 spiro atoms. The highest BCUT2D eigenvalue weighted by atomic mass is 16.5. The van der Waals surface area contributed by atoms with E-state index >= 15 is 0 Å². The topological polar surface area (TPSA) is 140 Å². The van der Waals surface area contributed by atoms with Crippen LogP contribution in [0.1, 0.15) is 21.5 Å². The van der Waals surface area contributed by atoms with Crippen LogP contribution in [-0.4, -0.2) is 35.8 Å². The molecule has 0 aromatic heterocycles. The van der Waals surface area contributed by atoms with E-state index in [1.54, 1.807) is 48.5 Å². The number of anilines is 1. The minimum absolute atomic E-state index is 0.157. The molecule has 1 aliphatic rings. The van der Waals surface area contributed by atoms with Crippen LogP contribution in [0.25, 0.3) is 0 Å². The van der Waals surface area contributed by atoms with Crippen LogP contribution >= 0.6 is 0 Å². The van der Waals surface area contributed by atoms with Gasteiger partial charge in [0.25, 0.3) is 5.91 Å². The van der Waals surface area contributed by atoms with Crippen molar-refractivity contribution < 1.29 is 28.7 Å². The van der Waals surface area contributed by atoms with E-state index in [9.17, 15) is 19.2 Å². The van der Waals surface area contributed by atoms with Gasteiger partial charge in [0.1, 0.15) is 17.2 Å². The molecule has 4 N–H and O–H groups in total. The van der Waals surface area contributed by atoms with E-state index in [0.717, 1.165) is 10.5 Å². The molecule has 178 valence electrons. The number of hydrogen-bond acceptors (Lipinski definition) is 7. The molecular formula is C25H22N4O6. The Morgan fingerprint density at radius 2 is 1.57 bits per heavy atom. The highest BCUT2D eigenvalue weighted by Crippen LogP contribution is 2.24. The maximum Gasteiger partial charge on any atom is 0.331 e. The summed E-state index contributed by atoms with van der Waals surface area (Å²) in [6, 6.07) is 18.2. The first-order valence-corrected chi connectivity index (χ1v) is 10.6. The van der Waals surface area contributed by atoms with Gasteiger partial charge < -0.3 is 20.5 Å². The quantitative estimate of drug-likeness (QED) is 0.259. The molecule has 3 aromatic rings. The number of nitrogens with two attached hydrogens (primary N) is 1. The standard InChI is InChI=1S/C25H22N4O6/c1-34-21-11-4-16(14-29-24(32)23(31)28-25(29)33)12-20(21)22(30)27-13-15-2-7-18(8-3-15)35-19-9-5-17(26)6-10-19/h2-12H,13-14,26H2,1H3,(H,27,30)(H,28,31,33). The molecule has 4 rings (SSSR count). The molecule has 0 aliphatic carbocycles. The van der Waals surface area contributed by atoms with Crippen LogP contribution < -0.4 is 25.8 Å². The summed E-state index contributed by atoms with van der Waals surface area (Å²) in [5.74, 6) is -0.708. The lowest BCUT2D eigenvalue weighted by atomic mass is 10.1. The van der Waals surface area contributed by atoms with Crippen LogP contribution in [0.15, 0.2) is 66.7 Å². The number of urea groups is 1. The fourth-order valence-electron chi connectivity index (χ4n) is 3.41. The summed E-state index contributed by atoms with van der Waals surface area (Å²) in [6.45, 7) is 0.0893. The van der Waals surface area contributed by atoms with Crippen molar-refractivity contribution in [2.24, 2.45) is 0 Å². The zero-order chi connectivity index (χ0) is 24.9. The van der Waals surface area contributed by atoms with Gasteiger partial charge in [-0.25, -0.2) is 4.79 Å². The van der Waals surface area contributed by atoms with Gasteiger partial charge >= 0.3 is 17.8 Å². The van der Waals surface area contributed by atoms with E-state index < -0.39 is 23.8 Å². The van der Waals surface area contributed by atoms with E-state index in [1.807, 2.05) is 17.4 Å². The van der Waals surface area contributed by atoms with Gasteiger partial charge in [0, 0.05) is 12.2 Å². The van der Waals surface area contributed by atoms with Crippen LogP contribution in [0.3, 0.4) is 0 Å². The number of ether oxygens (including phenoxy) is 2. The van der Waals surface area contributed by atoms with E-state index in [-0.39, 0.29) is 18.7 Å². The van der Waals surface area contributed by atoms with E-state index in [1.165, 1.54) is 13.2 Å². The summed E-state index contributed by atoms with van der Waals surface area (Å²) in [5, 5.41) is 4.76. The molecule has 5 amide bonds. The van der Waals surface area contributed by atoms with Gasteiger partial charge in [-0.2, -0.15) is 0 Å². The molecule has 1 fully saturated rings. The lowest BCUT2D eigenvalue weighted by Gasteiger charge is -2.14. The fraction of sp³-hybridized carbons (Fsp3) is 0.120. The Morgan fingerprint density at radius 1 is 0.943 bits per heavy atom. The number of rotatable bonds is 8. The fourth-order valence-corrected chi connectivity index (χ4v) is 3.41. The number of carbonyl (C=O) groups is 4. The number of benzene rings is 3. The normalized spacial score (nSPS) is 12.9. The van der Waals surface area contributed by atoms with Crippen LogP contribution in [0, 0.1) is 0 Å². The lowest BCUT2D eigenvalue weighted by Crippen LogP contribution is -2.30. The molecule has 35 heavy (non-hydrogen) atoms. The first-order chi connectivity index (χ1) is 16.8. The second kappa shape index (κ2) is 9.96. The summed E-state index contributed by atoms with van der Waals surface area (Å²) in [7, 11) is 1.43. The van der Waals surface area contributed by atoms with Gasteiger partial charge in [0.2, 0.25) is 0 Å². The first kappa shape index (κ1) is 23.3. The predicted octanol–water partition coefficient (Wildman–Crippen LogP) is 2.58. The smallest absolute Gasteiger partial charge is 0.331 e. The Kier molecular flexibility index (Phi) is 6.63. The average molecular weight is 474 g/mol. The third-order valence-corrected chi connectivity index (χ3v) is 5.25. The Morgan fingerprint density at radius 3 is 2.17 bits per heavy atom. The summed E-state index contributed by atoms with van der Waals surface area (Å²) in [4.78, 5) is 48.7. The van der Waals surface area contributed by atoms with E-state index in [2.05, 4.69) is 5.32 Å². The van der Waals surface area contributed by atoms with Crippen LogP contribution in [0.4, 0.5) is 10.5 Å². The van der Waals surface area contributed by atoms with Crippen molar-refractivity contribution in [1.29, 1.82) is 0 Å². The number of nitrogens with one attached hydrogen (secondary N) is 2. The number of nitrogens with zero attached hydrogens (tertiary/aromatic N) is 1. The number of carbonyl (C=O) groups excluding carboxylic acids is 4. The Bertz CT molecular complexity index is 1290. The zero-order valence-electron chi connectivity index (χ0n) is 18.7. The van der Waals surface area contributed by atoms with Crippen LogP contribution in [0.2, 0.25) is 0 Å². The molecule has 0 bridgehead atoms. The molecule has 0 unspecified atom stereocenters. The highest BCUT2D eigenvalue weighted by molar-refractivity contribution is 6.44. The summed E-state index contributed by atoms with van der Waals surface area (Å²) in [5.41, 5.74) is 7.88. The maximum absolute atomic E-state index is 12.9. The number of nitrogen functional groups attached to an aromatic ring is 1. The van der Waals surface area contributed by atoms with Crippen molar-refractivity contribution >= 4 is 29.4 Å². The minimum Gasteiger partial charge on any atom is -0.496 e. The van der Waals surface area contributed by atoms with Crippen LogP contribution in [0.5, 0.6) is 17.2 Å². The van der Waals surface area contributed by atoms with Gasteiger partial charge in [-0.1, -0.05) is 18.2 Å². The van der Waals surface area contributed by atoms with Gasteiger partial charge in [-0.3, -0.25) is 24.6 Å². The molecule has 0 atom stereocenters. The van der Waals surface area contributed by atoms with Crippen molar-refractivity contribution in [2.75, 3.05) is 12.8 Å². The van der Waals surface area contributed by atoms with Gasteiger partial charge in [0.15, 0.2) is 0 Å². The summed E-state index contributed by atoms with van der Waals surface area (Å²) in [6.07, 6.45) is 0. The van der Waals surface area contributed by atoms with Crippen molar-refractivity contribution in [2.45, 2.75) is 13.1 Å². The molecular weight excluding hydrogens is 452 g/mol.